The van der Waals surface area contributed by atoms with E-state index in [4.69, 9.17) is 5.73 Å². The topological polar surface area (TPSA) is 100 Å². The second kappa shape index (κ2) is 5.62. The van der Waals surface area contributed by atoms with Crippen molar-refractivity contribution < 1.29 is 4.39 Å². The molecule has 0 amide bonds. The molecule has 4 rings (SSSR count). The molecule has 0 saturated carbocycles. The largest absolute Gasteiger partial charge is 0.383 e. The Kier molecular flexibility index (Phi) is 3.41. The molecule has 3 aromatic heterocycles. The summed E-state index contributed by atoms with van der Waals surface area (Å²) >= 11 is 0. The number of hydrogen-bond acceptors (Lipinski definition) is 6. The van der Waals surface area contributed by atoms with Crippen molar-refractivity contribution in [1.29, 1.82) is 0 Å². The van der Waals surface area contributed by atoms with Crippen molar-refractivity contribution in [2.45, 2.75) is 19.9 Å². The summed E-state index contributed by atoms with van der Waals surface area (Å²) in [5, 5.41) is 13.4. The minimum atomic E-state index is -0.368. The van der Waals surface area contributed by atoms with E-state index in [1.807, 2.05) is 13.8 Å². The summed E-state index contributed by atoms with van der Waals surface area (Å²) in [6, 6.07) is 6.13. The molecule has 0 saturated heterocycles. The van der Waals surface area contributed by atoms with Gasteiger partial charge in [-0.3, -0.25) is 0 Å². The second-order valence-corrected chi connectivity index (χ2v) is 5.70. The van der Waals surface area contributed by atoms with Crippen molar-refractivity contribution in [1.82, 2.24) is 34.7 Å². The van der Waals surface area contributed by atoms with E-state index in [1.165, 1.54) is 17.1 Å². The van der Waals surface area contributed by atoms with E-state index in [-0.39, 0.29) is 11.9 Å². The molecule has 126 valence electrons. The molecule has 4 aromatic rings. The Hall–Kier alpha value is -3.36. The van der Waals surface area contributed by atoms with Gasteiger partial charge >= 0.3 is 0 Å². The highest BCUT2D eigenvalue weighted by Crippen LogP contribution is 2.26. The number of benzene rings is 1. The quantitative estimate of drug-likeness (QED) is 0.613. The standard InChI is InChI=1S/C16H15FN8/c1-9-14-15(18)19-8-20-16(14)25(22-9)10(2)12-7-24(23-21-12)13-6-4-3-5-11(13)17/h3-8,10H,1-2H3,(H2,18,19,20). The molecular weight excluding hydrogens is 323 g/mol. The highest BCUT2D eigenvalue weighted by molar-refractivity contribution is 5.87. The maximum Gasteiger partial charge on any atom is 0.164 e. The summed E-state index contributed by atoms with van der Waals surface area (Å²) in [7, 11) is 0. The number of aryl methyl sites for hydroxylation is 1. The smallest absolute Gasteiger partial charge is 0.164 e. The Morgan fingerprint density at radius 3 is 2.80 bits per heavy atom. The van der Waals surface area contributed by atoms with Crippen molar-refractivity contribution in [2.75, 3.05) is 5.73 Å². The summed E-state index contributed by atoms with van der Waals surface area (Å²) in [5.41, 5.74) is 8.25. The number of anilines is 1. The predicted octanol–water partition coefficient (Wildman–Crippen LogP) is 2.05. The molecule has 3 heterocycles. The molecule has 0 aliphatic rings. The fraction of sp³-hybridized carbons (Fsp3) is 0.188. The number of hydrogen-bond donors (Lipinski definition) is 1. The van der Waals surface area contributed by atoms with Gasteiger partial charge < -0.3 is 5.73 Å². The van der Waals surface area contributed by atoms with Crippen LogP contribution in [0, 0.1) is 12.7 Å². The number of nitrogens with two attached hydrogens (primary N) is 1. The summed E-state index contributed by atoms with van der Waals surface area (Å²) in [6.07, 6.45) is 3.08. The van der Waals surface area contributed by atoms with E-state index in [1.54, 1.807) is 29.1 Å². The first kappa shape index (κ1) is 15.2. The molecule has 0 bridgehead atoms. The van der Waals surface area contributed by atoms with E-state index in [0.717, 1.165) is 11.1 Å². The lowest BCUT2D eigenvalue weighted by Gasteiger charge is -2.09. The Balaban J connectivity index is 1.77. The minimum Gasteiger partial charge on any atom is -0.383 e. The highest BCUT2D eigenvalue weighted by Gasteiger charge is 2.20. The van der Waals surface area contributed by atoms with Crippen LogP contribution < -0.4 is 5.73 Å². The average molecular weight is 338 g/mol. The third kappa shape index (κ3) is 2.40. The Labute approximate surface area is 142 Å². The Bertz CT molecular complexity index is 1070. The maximum atomic E-state index is 13.9. The van der Waals surface area contributed by atoms with Gasteiger partial charge in [-0.15, -0.1) is 5.10 Å². The number of halogens is 1. The van der Waals surface area contributed by atoms with Crippen molar-refractivity contribution >= 4 is 16.9 Å². The summed E-state index contributed by atoms with van der Waals surface area (Å²) in [6.45, 7) is 3.77. The van der Waals surface area contributed by atoms with Crippen molar-refractivity contribution in [3.63, 3.8) is 0 Å². The lowest BCUT2D eigenvalue weighted by molar-refractivity contribution is 0.560. The maximum absolute atomic E-state index is 13.9. The van der Waals surface area contributed by atoms with E-state index in [9.17, 15) is 4.39 Å². The van der Waals surface area contributed by atoms with E-state index < -0.39 is 0 Å². The first-order valence-corrected chi connectivity index (χ1v) is 7.68. The zero-order valence-electron chi connectivity index (χ0n) is 13.6. The van der Waals surface area contributed by atoms with Crippen LogP contribution in [0.15, 0.2) is 36.8 Å². The second-order valence-electron chi connectivity index (χ2n) is 5.70. The minimum absolute atomic E-state index is 0.258. The fourth-order valence-corrected chi connectivity index (χ4v) is 2.79. The van der Waals surface area contributed by atoms with Gasteiger partial charge in [0.25, 0.3) is 0 Å². The van der Waals surface area contributed by atoms with Crippen molar-refractivity contribution in [2.24, 2.45) is 0 Å². The normalized spacial score (nSPS) is 12.6. The lowest BCUT2D eigenvalue weighted by atomic mass is 10.2. The first-order valence-electron chi connectivity index (χ1n) is 7.68. The third-order valence-corrected chi connectivity index (χ3v) is 4.10. The molecule has 8 nitrogen and oxygen atoms in total. The summed E-state index contributed by atoms with van der Waals surface area (Å²) in [4.78, 5) is 8.29. The zero-order valence-corrected chi connectivity index (χ0v) is 13.6. The molecule has 0 aliphatic heterocycles. The van der Waals surface area contributed by atoms with Gasteiger partial charge in [0.1, 0.15) is 29.3 Å². The number of nitrogen functional groups attached to an aromatic ring is 1. The Morgan fingerprint density at radius 2 is 2.00 bits per heavy atom. The van der Waals surface area contributed by atoms with Crippen LogP contribution in [0.3, 0.4) is 0 Å². The van der Waals surface area contributed by atoms with Gasteiger partial charge in [0.2, 0.25) is 0 Å². The summed E-state index contributed by atoms with van der Waals surface area (Å²) < 4.78 is 17.1. The number of fused-ring (bicyclic) bond motifs is 1. The number of para-hydroxylation sites is 1. The third-order valence-electron chi connectivity index (χ3n) is 4.10. The summed E-state index contributed by atoms with van der Waals surface area (Å²) in [5.74, 6) is 0.0171. The predicted molar refractivity (Wildman–Crippen MR) is 89.6 cm³/mol. The SMILES string of the molecule is Cc1nn(C(C)c2cn(-c3ccccc3F)nn2)c2ncnc(N)c12. The van der Waals surface area contributed by atoms with Crippen LogP contribution in [0.2, 0.25) is 0 Å². The number of aromatic nitrogens is 7. The van der Waals surface area contributed by atoms with Crippen molar-refractivity contribution in [3.8, 4) is 5.69 Å². The number of rotatable bonds is 3. The molecular formula is C16H15FN8. The fourth-order valence-electron chi connectivity index (χ4n) is 2.79. The van der Waals surface area contributed by atoms with Crippen LogP contribution in [0.25, 0.3) is 16.7 Å². The molecule has 2 N–H and O–H groups in total. The molecule has 1 unspecified atom stereocenters. The van der Waals surface area contributed by atoms with Gasteiger partial charge in [0.05, 0.1) is 23.3 Å². The van der Waals surface area contributed by atoms with Crippen LogP contribution in [0.1, 0.15) is 24.4 Å². The van der Waals surface area contributed by atoms with Gasteiger partial charge in [-0.25, -0.2) is 23.7 Å². The van der Waals surface area contributed by atoms with E-state index >= 15 is 0 Å². The van der Waals surface area contributed by atoms with Crippen LogP contribution in [-0.4, -0.2) is 34.7 Å². The lowest BCUT2D eigenvalue weighted by Crippen LogP contribution is -2.10. The molecule has 25 heavy (non-hydrogen) atoms. The van der Waals surface area contributed by atoms with Gasteiger partial charge in [-0.05, 0) is 26.0 Å². The molecule has 0 radical (unpaired) electrons. The van der Waals surface area contributed by atoms with Crippen molar-refractivity contribution in [3.05, 3.63) is 54.0 Å². The highest BCUT2D eigenvalue weighted by atomic mass is 19.1. The van der Waals surface area contributed by atoms with Gasteiger partial charge in [-0.2, -0.15) is 5.10 Å². The van der Waals surface area contributed by atoms with Gasteiger partial charge in [-0.1, -0.05) is 17.3 Å². The molecule has 0 fully saturated rings. The zero-order chi connectivity index (χ0) is 17.6. The molecule has 0 spiro atoms. The average Bonchev–Trinajstić information content (AvgIpc) is 3.21. The van der Waals surface area contributed by atoms with Crippen LogP contribution in [0.4, 0.5) is 10.2 Å². The van der Waals surface area contributed by atoms with E-state index in [0.29, 0.717) is 22.8 Å². The van der Waals surface area contributed by atoms with Gasteiger partial charge in [0, 0.05) is 0 Å². The van der Waals surface area contributed by atoms with Gasteiger partial charge in [0.15, 0.2) is 5.65 Å². The van der Waals surface area contributed by atoms with Crippen LogP contribution in [-0.2, 0) is 0 Å². The number of nitrogens with zero attached hydrogens (tertiary/aromatic N) is 7. The molecule has 0 aliphatic carbocycles. The first-order chi connectivity index (χ1) is 12.1. The van der Waals surface area contributed by atoms with Crippen LogP contribution >= 0.6 is 0 Å². The molecule has 1 aromatic carbocycles. The van der Waals surface area contributed by atoms with E-state index in [2.05, 4.69) is 25.4 Å². The Morgan fingerprint density at radius 1 is 1.20 bits per heavy atom. The monoisotopic (exact) mass is 338 g/mol. The molecule has 9 heteroatoms. The van der Waals surface area contributed by atoms with Crippen LogP contribution in [0.5, 0.6) is 0 Å². The molecule has 1 atom stereocenters.